The van der Waals surface area contributed by atoms with Gasteiger partial charge in [-0.05, 0) is 18.8 Å². The Morgan fingerprint density at radius 1 is 1.53 bits per heavy atom. The van der Waals surface area contributed by atoms with Gasteiger partial charge in [-0.2, -0.15) is 5.10 Å². The first-order valence-corrected chi connectivity index (χ1v) is 6.54. The molecule has 0 aliphatic carbocycles. The average molecular weight is 288 g/mol. The van der Waals surface area contributed by atoms with Crippen LogP contribution in [0.2, 0.25) is 0 Å². The summed E-state index contributed by atoms with van der Waals surface area (Å²) >= 11 is 0. The number of halogens is 1. The maximum Gasteiger partial charge on any atom is 0.224 e. The van der Waals surface area contributed by atoms with Crippen molar-refractivity contribution in [1.29, 1.82) is 0 Å². The van der Waals surface area contributed by atoms with E-state index in [1.54, 1.807) is 11.0 Å². The van der Waals surface area contributed by atoms with Gasteiger partial charge >= 0.3 is 0 Å². The summed E-state index contributed by atoms with van der Waals surface area (Å²) in [5.41, 5.74) is 5.79. The van der Waals surface area contributed by atoms with Crippen LogP contribution in [0.4, 0.5) is 0 Å². The van der Waals surface area contributed by atoms with Gasteiger partial charge in [-0.1, -0.05) is 6.92 Å². The van der Waals surface area contributed by atoms with E-state index in [0.29, 0.717) is 25.4 Å². The summed E-state index contributed by atoms with van der Waals surface area (Å²) in [6.07, 6.45) is 5.82. The van der Waals surface area contributed by atoms with Crippen LogP contribution in [-0.4, -0.2) is 44.7 Å². The van der Waals surface area contributed by atoms with E-state index in [1.165, 1.54) is 6.33 Å². The summed E-state index contributed by atoms with van der Waals surface area (Å²) < 4.78 is 1.68. The Bertz CT molecular complexity index is 383. The van der Waals surface area contributed by atoms with Gasteiger partial charge in [-0.3, -0.25) is 9.48 Å². The molecule has 6 nitrogen and oxygen atoms in total. The van der Waals surface area contributed by atoms with Crippen molar-refractivity contribution >= 4 is 18.3 Å². The number of carbonyl (C=O) groups is 1. The van der Waals surface area contributed by atoms with Crippen molar-refractivity contribution < 1.29 is 4.79 Å². The number of nitrogens with two attached hydrogens (primary N) is 1. The topological polar surface area (TPSA) is 77.0 Å². The second-order valence-electron chi connectivity index (χ2n) is 4.92. The molecule has 2 heterocycles. The van der Waals surface area contributed by atoms with Crippen LogP contribution in [0.15, 0.2) is 12.7 Å². The van der Waals surface area contributed by atoms with Crippen molar-refractivity contribution in [3.8, 4) is 0 Å². The number of aryl methyl sites for hydroxylation is 1. The number of hydrogen-bond donors (Lipinski definition) is 1. The van der Waals surface area contributed by atoms with E-state index in [2.05, 4.69) is 17.0 Å². The Balaban J connectivity index is 0.00000180. The van der Waals surface area contributed by atoms with Crippen LogP contribution in [0.25, 0.3) is 0 Å². The molecule has 2 unspecified atom stereocenters. The zero-order chi connectivity index (χ0) is 13.0. The molecular formula is C12H22ClN5O. The molecular weight excluding hydrogens is 266 g/mol. The summed E-state index contributed by atoms with van der Waals surface area (Å²) in [5.74, 6) is 0.673. The van der Waals surface area contributed by atoms with Crippen molar-refractivity contribution in [3.63, 3.8) is 0 Å². The van der Waals surface area contributed by atoms with E-state index in [4.69, 9.17) is 5.73 Å². The Kier molecular flexibility index (Phi) is 6.24. The third-order valence-electron chi connectivity index (χ3n) is 3.70. The highest BCUT2D eigenvalue weighted by atomic mass is 35.5. The van der Waals surface area contributed by atoms with Crippen molar-refractivity contribution in [2.45, 2.75) is 38.8 Å². The summed E-state index contributed by atoms with van der Waals surface area (Å²) in [7, 11) is 0. The fraction of sp³-hybridized carbons (Fsp3) is 0.750. The van der Waals surface area contributed by atoms with Gasteiger partial charge in [0.05, 0.1) is 6.54 Å². The minimum absolute atomic E-state index is 0. The van der Waals surface area contributed by atoms with Gasteiger partial charge in [0.1, 0.15) is 12.7 Å². The standard InChI is InChI=1S/C12H21N5O.ClH/c1-10-3-2-5-17(11(10)7-13)12(18)4-6-16-9-14-8-15-16;/h8-11H,2-7,13H2,1H3;1H. The smallest absolute Gasteiger partial charge is 0.224 e. The predicted octanol–water partition coefficient (Wildman–Crippen LogP) is 0.676. The third kappa shape index (κ3) is 3.91. The highest BCUT2D eigenvalue weighted by molar-refractivity contribution is 5.85. The Morgan fingerprint density at radius 3 is 2.95 bits per heavy atom. The summed E-state index contributed by atoms with van der Waals surface area (Å²) in [4.78, 5) is 18.0. The molecule has 1 aromatic rings. The monoisotopic (exact) mass is 287 g/mol. The lowest BCUT2D eigenvalue weighted by molar-refractivity contribution is -0.136. The highest BCUT2D eigenvalue weighted by Crippen LogP contribution is 2.23. The van der Waals surface area contributed by atoms with Gasteiger partial charge in [0.25, 0.3) is 0 Å². The maximum atomic E-state index is 12.2. The number of rotatable bonds is 4. The van der Waals surface area contributed by atoms with Crippen LogP contribution in [0, 0.1) is 5.92 Å². The number of nitrogens with zero attached hydrogens (tertiary/aromatic N) is 4. The molecule has 1 fully saturated rings. The SMILES string of the molecule is CC1CCCN(C(=O)CCn2cncn2)C1CN.Cl. The molecule has 19 heavy (non-hydrogen) atoms. The summed E-state index contributed by atoms with van der Waals surface area (Å²) in [6.45, 7) is 4.15. The van der Waals surface area contributed by atoms with Gasteiger partial charge in [-0.25, -0.2) is 4.98 Å². The molecule has 108 valence electrons. The van der Waals surface area contributed by atoms with Gasteiger partial charge in [-0.15, -0.1) is 12.4 Å². The van der Waals surface area contributed by atoms with E-state index >= 15 is 0 Å². The zero-order valence-electron chi connectivity index (χ0n) is 11.2. The number of carbonyl (C=O) groups excluding carboxylic acids is 1. The van der Waals surface area contributed by atoms with Crippen molar-refractivity contribution in [3.05, 3.63) is 12.7 Å². The largest absolute Gasteiger partial charge is 0.338 e. The number of piperidine rings is 1. The number of likely N-dealkylation sites (tertiary alicyclic amines) is 1. The van der Waals surface area contributed by atoms with Gasteiger partial charge < -0.3 is 10.6 Å². The number of amides is 1. The predicted molar refractivity (Wildman–Crippen MR) is 74.8 cm³/mol. The van der Waals surface area contributed by atoms with Crippen LogP contribution in [-0.2, 0) is 11.3 Å². The van der Waals surface area contributed by atoms with E-state index in [9.17, 15) is 4.79 Å². The highest BCUT2D eigenvalue weighted by Gasteiger charge is 2.30. The number of aromatic nitrogens is 3. The second kappa shape index (κ2) is 7.45. The van der Waals surface area contributed by atoms with E-state index < -0.39 is 0 Å². The molecule has 1 aromatic heterocycles. The Hall–Kier alpha value is -1.14. The normalized spacial score (nSPS) is 22.9. The third-order valence-corrected chi connectivity index (χ3v) is 3.70. The van der Waals surface area contributed by atoms with Crippen molar-refractivity contribution in [1.82, 2.24) is 19.7 Å². The molecule has 1 amide bonds. The molecule has 0 aromatic carbocycles. The fourth-order valence-corrected chi connectivity index (χ4v) is 2.62. The molecule has 0 saturated carbocycles. The van der Waals surface area contributed by atoms with E-state index in [-0.39, 0.29) is 24.4 Å². The molecule has 7 heteroatoms. The molecule has 1 aliphatic heterocycles. The maximum absolute atomic E-state index is 12.2. The van der Waals surface area contributed by atoms with Crippen LogP contribution >= 0.6 is 12.4 Å². The van der Waals surface area contributed by atoms with E-state index in [1.807, 2.05) is 4.90 Å². The molecule has 2 N–H and O–H groups in total. The van der Waals surface area contributed by atoms with Gasteiger partial charge in [0.2, 0.25) is 5.91 Å². The van der Waals surface area contributed by atoms with Crippen LogP contribution < -0.4 is 5.73 Å². The number of hydrogen-bond acceptors (Lipinski definition) is 4. The average Bonchev–Trinajstić information content (AvgIpc) is 2.88. The van der Waals surface area contributed by atoms with Crippen LogP contribution in [0.5, 0.6) is 0 Å². The lowest BCUT2D eigenvalue weighted by atomic mass is 9.90. The summed E-state index contributed by atoms with van der Waals surface area (Å²) in [5, 5.41) is 4.00. The molecule has 1 aliphatic rings. The lowest BCUT2D eigenvalue weighted by Gasteiger charge is -2.39. The van der Waals surface area contributed by atoms with Gasteiger partial charge in [0, 0.05) is 25.6 Å². The van der Waals surface area contributed by atoms with Crippen molar-refractivity contribution in [2.24, 2.45) is 11.7 Å². The first-order valence-electron chi connectivity index (χ1n) is 6.54. The molecule has 2 atom stereocenters. The summed E-state index contributed by atoms with van der Waals surface area (Å²) in [6, 6.07) is 0.196. The van der Waals surface area contributed by atoms with Crippen molar-refractivity contribution in [2.75, 3.05) is 13.1 Å². The van der Waals surface area contributed by atoms with Gasteiger partial charge in [0.15, 0.2) is 0 Å². The lowest BCUT2D eigenvalue weighted by Crippen LogP contribution is -2.51. The fourth-order valence-electron chi connectivity index (χ4n) is 2.62. The first kappa shape index (κ1) is 15.9. The Labute approximate surface area is 119 Å². The van der Waals surface area contributed by atoms with Crippen LogP contribution in [0.1, 0.15) is 26.2 Å². The van der Waals surface area contributed by atoms with Crippen LogP contribution in [0.3, 0.4) is 0 Å². The first-order chi connectivity index (χ1) is 8.72. The van der Waals surface area contributed by atoms with E-state index in [0.717, 1.165) is 19.4 Å². The Morgan fingerprint density at radius 2 is 2.32 bits per heavy atom. The molecule has 0 bridgehead atoms. The zero-order valence-corrected chi connectivity index (χ0v) is 12.1. The minimum Gasteiger partial charge on any atom is -0.338 e. The molecule has 0 spiro atoms. The molecule has 0 radical (unpaired) electrons. The minimum atomic E-state index is 0. The molecule has 2 rings (SSSR count). The second-order valence-corrected chi connectivity index (χ2v) is 4.92. The molecule has 1 saturated heterocycles. The quantitative estimate of drug-likeness (QED) is 0.883.